The van der Waals surface area contributed by atoms with Crippen LogP contribution in [0.25, 0.3) is 0 Å². The average Bonchev–Trinajstić information content (AvgIpc) is 2.18. The summed E-state index contributed by atoms with van der Waals surface area (Å²) in [6.45, 7) is 3.59. The fourth-order valence-corrected chi connectivity index (χ4v) is 1.39. The number of nitrogens with zero attached hydrogens (tertiary/aromatic N) is 1. The van der Waals surface area contributed by atoms with Crippen LogP contribution < -0.4 is 4.72 Å². The first-order valence-corrected chi connectivity index (χ1v) is 5.59. The predicted molar refractivity (Wildman–Crippen MR) is 58.1 cm³/mol. The highest BCUT2D eigenvalue weighted by Crippen LogP contribution is 2.07. The number of hydrogen-bond donors (Lipinski definition) is 2. The summed E-state index contributed by atoms with van der Waals surface area (Å²) in [6.07, 6.45) is 0. The fraction of sp³-hybridized carbons (Fsp3) is 0.333. The lowest BCUT2D eigenvalue weighted by molar-refractivity contribution is 0.0690. The number of carbonyl (C=O) groups is 1. The van der Waals surface area contributed by atoms with Crippen LogP contribution in [-0.4, -0.2) is 25.5 Å². The van der Waals surface area contributed by atoms with E-state index in [0.717, 1.165) is 0 Å². The minimum atomic E-state index is -1.25. The van der Waals surface area contributed by atoms with Gasteiger partial charge in [-0.05, 0) is 26.0 Å². The standard InChI is InChI=1S/C9H12N2O3S/c1-6(2)15(14)11-8-5-3-4-7(10-8)9(12)13/h3-6H,1-2H3,(H,10,11)(H,12,13). The zero-order valence-corrected chi connectivity index (χ0v) is 9.25. The first-order valence-electron chi connectivity index (χ1n) is 4.38. The summed E-state index contributed by atoms with van der Waals surface area (Å²) in [4.78, 5) is 14.4. The number of aromatic nitrogens is 1. The molecule has 0 bridgehead atoms. The molecule has 82 valence electrons. The van der Waals surface area contributed by atoms with Gasteiger partial charge in [-0.1, -0.05) is 6.07 Å². The molecule has 2 N–H and O–H groups in total. The molecule has 0 fully saturated rings. The maximum atomic E-state index is 11.4. The van der Waals surface area contributed by atoms with E-state index in [4.69, 9.17) is 5.11 Å². The maximum absolute atomic E-state index is 11.4. The molecule has 0 aliphatic heterocycles. The summed E-state index contributed by atoms with van der Waals surface area (Å²) in [5, 5.41) is 8.63. The van der Waals surface area contributed by atoms with Crippen LogP contribution in [0.15, 0.2) is 18.2 Å². The zero-order chi connectivity index (χ0) is 11.4. The third-order valence-electron chi connectivity index (χ3n) is 1.60. The minimum Gasteiger partial charge on any atom is -0.477 e. The van der Waals surface area contributed by atoms with Crippen LogP contribution in [-0.2, 0) is 11.0 Å². The Morgan fingerprint density at radius 2 is 2.20 bits per heavy atom. The average molecular weight is 228 g/mol. The van der Waals surface area contributed by atoms with Gasteiger partial charge in [0.15, 0.2) is 5.69 Å². The molecule has 0 aliphatic rings. The van der Waals surface area contributed by atoms with Gasteiger partial charge in [0.1, 0.15) is 16.8 Å². The molecule has 1 aromatic heterocycles. The monoisotopic (exact) mass is 228 g/mol. The quantitative estimate of drug-likeness (QED) is 0.813. The van der Waals surface area contributed by atoms with E-state index in [9.17, 15) is 9.00 Å². The largest absolute Gasteiger partial charge is 0.477 e. The van der Waals surface area contributed by atoms with E-state index < -0.39 is 17.0 Å². The zero-order valence-electron chi connectivity index (χ0n) is 8.43. The molecule has 0 amide bonds. The van der Waals surface area contributed by atoms with Crippen molar-refractivity contribution in [1.82, 2.24) is 4.98 Å². The molecule has 5 nitrogen and oxygen atoms in total. The molecule has 0 aliphatic carbocycles. The molecule has 0 radical (unpaired) electrons. The van der Waals surface area contributed by atoms with Crippen LogP contribution in [0.3, 0.4) is 0 Å². The Labute approximate surface area is 90.1 Å². The lowest BCUT2D eigenvalue weighted by Crippen LogP contribution is -2.16. The second kappa shape index (κ2) is 4.88. The molecule has 1 unspecified atom stereocenters. The van der Waals surface area contributed by atoms with Crippen molar-refractivity contribution < 1.29 is 14.1 Å². The van der Waals surface area contributed by atoms with Gasteiger partial charge in [-0.15, -0.1) is 0 Å². The second-order valence-electron chi connectivity index (χ2n) is 3.16. The second-order valence-corrected chi connectivity index (χ2v) is 4.90. The van der Waals surface area contributed by atoms with Gasteiger partial charge in [0.25, 0.3) is 0 Å². The molecular weight excluding hydrogens is 216 g/mol. The number of aromatic carboxylic acids is 1. The third kappa shape index (κ3) is 3.32. The van der Waals surface area contributed by atoms with Crippen molar-refractivity contribution >= 4 is 22.8 Å². The van der Waals surface area contributed by atoms with Crippen molar-refractivity contribution in [3.05, 3.63) is 23.9 Å². The van der Waals surface area contributed by atoms with Gasteiger partial charge >= 0.3 is 5.97 Å². The Kier molecular flexibility index (Phi) is 3.79. The Bertz CT molecular complexity index is 393. The van der Waals surface area contributed by atoms with Crippen molar-refractivity contribution in [2.45, 2.75) is 19.1 Å². The molecule has 0 spiro atoms. The first kappa shape index (κ1) is 11.6. The molecule has 1 heterocycles. The molecule has 1 atom stereocenters. The summed E-state index contributed by atoms with van der Waals surface area (Å²) in [6, 6.07) is 4.51. The number of rotatable bonds is 4. The molecule has 0 saturated heterocycles. The number of carboxylic acids is 1. The number of hydrogen-bond acceptors (Lipinski definition) is 3. The lowest BCUT2D eigenvalue weighted by atomic mass is 10.3. The molecular formula is C9H12N2O3S. The molecule has 1 aromatic rings. The van der Waals surface area contributed by atoms with Crippen LogP contribution in [0.1, 0.15) is 24.3 Å². The van der Waals surface area contributed by atoms with Crippen LogP contribution in [0.2, 0.25) is 0 Å². The fourth-order valence-electron chi connectivity index (χ4n) is 0.832. The van der Waals surface area contributed by atoms with E-state index in [1.54, 1.807) is 26.0 Å². The van der Waals surface area contributed by atoms with Crippen molar-refractivity contribution in [2.24, 2.45) is 0 Å². The molecule has 0 saturated carbocycles. The summed E-state index contributed by atoms with van der Waals surface area (Å²) >= 11 is 0. The number of pyridine rings is 1. The highest BCUT2D eigenvalue weighted by Gasteiger charge is 2.08. The van der Waals surface area contributed by atoms with Crippen LogP contribution in [0.4, 0.5) is 5.82 Å². The topological polar surface area (TPSA) is 79.3 Å². The van der Waals surface area contributed by atoms with Crippen LogP contribution in [0, 0.1) is 0 Å². The van der Waals surface area contributed by atoms with Crippen molar-refractivity contribution in [2.75, 3.05) is 4.72 Å². The summed E-state index contributed by atoms with van der Waals surface area (Å²) in [7, 11) is -1.25. The Hall–Kier alpha value is -1.43. The van der Waals surface area contributed by atoms with Gasteiger partial charge < -0.3 is 5.11 Å². The summed E-state index contributed by atoms with van der Waals surface area (Å²) in [5.74, 6) is -0.795. The van der Waals surface area contributed by atoms with Gasteiger partial charge in [-0.3, -0.25) is 4.72 Å². The van der Waals surface area contributed by atoms with Crippen molar-refractivity contribution in [3.63, 3.8) is 0 Å². The van der Waals surface area contributed by atoms with Gasteiger partial charge in [-0.2, -0.15) is 0 Å². The van der Waals surface area contributed by atoms with Gasteiger partial charge in [0.2, 0.25) is 0 Å². The van der Waals surface area contributed by atoms with E-state index in [2.05, 4.69) is 9.71 Å². The predicted octanol–water partition coefficient (Wildman–Crippen LogP) is 1.26. The Morgan fingerprint density at radius 3 is 2.73 bits per heavy atom. The number of carboxylic acid groups (broad SMARTS) is 1. The van der Waals surface area contributed by atoms with E-state index >= 15 is 0 Å². The Morgan fingerprint density at radius 1 is 1.53 bits per heavy atom. The lowest BCUT2D eigenvalue weighted by Gasteiger charge is -2.07. The van der Waals surface area contributed by atoms with Crippen LogP contribution in [0.5, 0.6) is 0 Å². The number of nitrogens with one attached hydrogen (secondary N) is 1. The molecule has 1 rings (SSSR count). The molecule has 6 heteroatoms. The summed E-state index contributed by atoms with van der Waals surface area (Å²) < 4.78 is 14.0. The normalized spacial score (nSPS) is 12.5. The van der Waals surface area contributed by atoms with Crippen LogP contribution >= 0.6 is 0 Å². The maximum Gasteiger partial charge on any atom is 0.354 e. The van der Waals surface area contributed by atoms with E-state index in [0.29, 0.717) is 5.82 Å². The molecule has 0 aromatic carbocycles. The van der Waals surface area contributed by atoms with Crippen molar-refractivity contribution in [3.8, 4) is 0 Å². The summed E-state index contributed by atoms with van der Waals surface area (Å²) in [5.41, 5.74) is -0.0687. The SMILES string of the molecule is CC(C)S(=O)Nc1cccc(C(=O)O)n1. The Balaban J connectivity index is 2.83. The molecule has 15 heavy (non-hydrogen) atoms. The van der Waals surface area contributed by atoms with E-state index in [-0.39, 0.29) is 10.9 Å². The van der Waals surface area contributed by atoms with Crippen molar-refractivity contribution in [1.29, 1.82) is 0 Å². The highest BCUT2D eigenvalue weighted by molar-refractivity contribution is 7.86. The minimum absolute atomic E-state index is 0.0553. The number of anilines is 1. The van der Waals surface area contributed by atoms with Gasteiger partial charge in [0.05, 0.1) is 0 Å². The first-order chi connectivity index (χ1) is 7.00. The van der Waals surface area contributed by atoms with E-state index in [1.807, 2.05) is 0 Å². The highest BCUT2D eigenvalue weighted by atomic mass is 32.2. The van der Waals surface area contributed by atoms with E-state index in [1.165, 1.54) is 6.07 Å². The van der Waals surface area contributed by atoms with Gasteiger partial charge in [-0.25, -0.2) is 14.0 Å². The third-order valence-corrected chi connectivity index (χ3v) is 2.87. The smallest absolute Gasteiger partial charge is 0.354 e. The van der Waals surface area contributed by atoms with Gasteiger partial charge in [0, 0.05) is 5.25 Å².